The number of rotatable bonds is 3. The summed E-state index contributed by atoms with van der Waals surface area (Å²) in [5, 5.41) is 6.98. The molecule has 0 aliphatic rings. The van der Waals surface area contributed by atoms with Gasteiger partial charge in [-0.05, 0) is 39.0 Å². The number of pyridine rings is 1. The van der Waals surface area contributed by atoms with Crippen molar-refractivity contribution in [2.75, 3.05) is 5.32 Å². The monoisotopic (exact) mass is 337 g/mol. The van der Waals surface area contributed by atoms with Crippen molar-refractivity contribution >= 4 is 40.5 Å². The Labute approximate surface area is 139 Å². The molecule has 0 fully saturated rings. The molecule has 0 radical (unpaired) electrons. The first-order valence-corrected chi connectivity index (χ1v) is 7.50. The molecule has 1 aromatic heterocycles. The number of carbonyl (C=O) groups is 1. The Bertz CT molecular complexity index is 676. The van der Waals surface area contributed by atoms with E-state index in [9.17, 15) is 4.79 Å². The second kappa shape index (κ2) is 6.55. The van der Waals surface area contributed by atoms with Gasteiger partial charge in [0.1, 0.15) is 0 Å². The van der Waals surface area contributed by atoms with E-state index in [1.165, 1.54) is 6.20 Å². The van der Waals surface area contributed by atoms with E-state index in [-0.39, 0.29) is 11.4 Å². The molecule has 1 aromatic carbocycles. The normalized spacial score (nSPS) is 11.1. The van der Waals surface area contributed by atoms with E-state index >= 15 is 0 Å². The molecular weight excluding hydrogens is 321 g/mol. The molecule has 2 aromatic rings. The van der Waals surface area contributed by atoms with Crippen molar-refractivity contribution in [1.29, 1.82) is 0 Å². The molecular formula is C16H17Cl2N3O. The number of aromatic nitrogens is 1. The standard InChI is InChI=1S/C16H17Cl2N3O/c1-16(2,3)21-15(22)10-7-11(9-19-8-10)20-14-12(17)5-4-6-13(14)18/h4-9,20H,1-3H3,(H,21,22). The molecule has 0 aliphatic carbocycles. The largest absolute Gasteiger partial charge is 0.352 e. The number of nitrogens with one attached hydrogen (secondary N) is 2. The molecule has 0 bridgehead atoms. The quantitative estimate of drug-likeness (QED) is 0.856. The van der Waals surface area contributed by atoms with E-state index in [1.54, 1.807) is 30.5 Å². The van der Waals surface area contributed by atoms with Crippen molar-refractivity contribution in [2.24, 2.45) is 0 Å². The summed E-state index contributed by atoms with van der Waals surface area (Å²) in [6, 6.07) is 6.94. The van der Waals surface area contributed by atoms with Crippen molar-refractivity contribution in [3.8, 4) is 0 Å². The van der Waals surface area contributed by atoms with Crippen molar-refractivity contribution < 1.29 is 4.79 Å². The zero-order chi connectivity index (χ0) is 16.3. The molecule has 0 atom stereocenters. The van der Waals surface area contributed by atoms with Crippen LogP contribution in [0.25, 0.3) is 0 Å². The Morgan fingerprint density at radius 1 is 1.14 bits per heavy atom. The van der Waals surface area contributed by atoms with Gasteiger partial charge >= 0.3 is 0 Å². The topological polar surface area (TPSA) is 54.0 Å². The van der Waals surface area contributed by atoms with Crippen LogP contribution < -0.4 is 10.6 Å². The molecule has 22 heavy (non-hydrogen) atoms. The van der Waals surface area contributed by atoms with E-state index in [4.69, 9.17) is 23.2 Å². The lowest BCUT2D eigenvalue weighted by molar-refractivity contribution is 0.0919. The maximum absolute atomic E-state index is 12.2. The number of hydrogen-bond acceptors (Lipinski definition) is 3. The highest BCUT2D eigenvalue weighted by Crippen LogP contribution is 2.32. The van der Waals surface area contributed by atoms with Crippen molar-refractivity contribution in [2.45, 2.75) is 26.3 Å². The van der Waals surface area contributed by atoms with Crippen LogP contribution in [0.2, 0.25) is 10.0 Å². The average molecular weight is 338 g/mol. The van der Waals surface area contributed by atoms with Gasteiger partial charge in [-0.2, -0.15) is 0 Å². The van der Waals surface area contributed by atoms with E-state index in [0.717, 1.165) is 0 Å². The predicted octanol–water partition coefficient (Wildman–Crippen LogP) is 4.66. The van der Waals surface area contributed by atoms with Crippen LogP contribution in [-0.2, 0) is 0 Å². The van der Waals surface area contributed by atoms with Crippen molar-refractivity contribution in [3.63, 3.8) is 0 Å². The Morgan fingerprint density at radius 3 is 2.36 bits per heavy atom. The fraction of sp³-hybridized carbons (Fsp3) is 0.250. The molecule has 1 heterocycles. The zero-order valence-corrected chi connectivity index (χ0v) is 14.1. The van der Waals surface area contributed by atoms with E-state index in [2.05, 4.69) is 15.6 Å². The number of nitrogens with zero attached hydrogens (tertiary/aromatic N) is 1. The second-order valence-electron chi connectivity index (χ2n) is 5.89. The molecule has 1 amide bonds. The van der Waals surface area contributed by atoms with Crippen LogP contribution in [0.3, 0.4) is 0 Å². The van der Waals surface area contributed by atoms with Gasteiger partial charge in [0.25, 0.3) is 5.91 Å². The summed E-state index contributed by atoms with van der Waals surface area (Å²) in [5.74, 6) is -0.186. The van der Waals surface area contributed by atoms with Gasteiger partial charge in [0.05, 0.1) is 33.2 Å². The SMILES string of the molecule is CC(C)(C)NC(=O)c1cncc(Nc2c(Cl)cccc2Cl)c1. The molecule has 0 saturated heterocycles. The lowest BCUT2D eigenvalue weighted by Crippen LogP contribution is -2.40. The third-order valence-electron chi connectivity index (χ3n) is 2.72. The Hall–Kier alpha value is -1.78. The van der Waals surface area contributed by atoms with Crippen LogP contribution in [0.15, 0.2) is 36.7 Å². The van der Waals surface area contributed by atoms with Gasteiger partial charge in [-0.3, -0.25) is 9.78 Å². The van der Waals surface area contributed by atoms with Crippen LogP contribution in [0.5, 0.6) is 0 Å². The zero-order valence-electron chi connectivity index (χ0n) is 12.6. The second-order valence-corrected chi connectivity index (χ2v) is 6.70. The predicted molar refractivity (Wildman–Crippen MR) is 91.2 cm³/mol. The molecule has 116 valence electrons. The molecule has 0 unspecified atom stereocenters. The van der Waals surface area contributed by atoms with Crippen LogP contribution >= 0.6 is 23.2 Å². The van der Waals surface area contributed by atoms with Crippen LogP contribution in [0.4, 0.5) is 11.4 Å². The minimum absolute atomic E-state index is 0.186. The van der Waals surface area contributed by atoms with E-state index in [1.807, 2.05) is 20.8 Å². The van der Waals surface area contributed by atoms with Gasteiger partial charge in [0.2, 0.25) is 0 Å². The summed E-state index contributed by atoms with van der Waals surface area (Å²) in [5.41, 5.74) is 1.37. The summed E-state index contributed by atoms with van der Waals surface area (Å²) in [4.78, 5) is 16.2. The summed E-state index contributed by atoms with van der Waals surface area (Å²) >= 11 is 12.2. The maximum Gasteiger partial charge on any atom is 0.253 e. The fourth-order valence-corrected chi connectivity index (χ4v) is 2.30. The molecule has 2 rings (SSSR count). The summed E-state index contributed by atoms with van der Waals surface area (Å²) in [6.45, 7) is 5.76. The van der Waals surface area contributed by atoms with Gasteiger partial charge in [-0.15, -0.1) is 0 Å². The van der Waals surface area contributed by atoms with Gasteiger partial charge in [-0.25, -0.2) is 0 Å². The highest BCUT2D eigenvalue weighted by Gasteiger charge is 2.16. The first-order valence-electron chi connectivity index (χ1n) is 6.75. The van der Waals surface area contributed by atoms with Crippen LogP contribution in [0, 0.1) is 0 Å². The minimum atomic E-state index is -0.313. The van der Waals surface area contributed by atoms with Crippen LogP contribution in [0.1, 0.15) is 31.1 Å². The smallest absolute Gasteiger partial charge is 0.253 e. The van der Waals surface area contributed by atoms with Gasteiger partial charge in [-0.1, -0.05) is 29.3 Å². The highest BCUT2D eigenvalue weighted by molar-refractivity contribution is 6.39. The number of hydrogen-bond donors (Lipinski definition) is 2. The molecule has 6 heteroatoms. The van der Waals surface area contributed by atoms with E-state index < -0.39 is 0 Å². The molecule has 4 nitrogen and oxygen atoms in total. The third kappa shape index (κ3) is 4.36. The van der Waals surface area contributed by atoms with Crippen molar-refractivity contribution in [3.05, 3.63) is 52.3 Å². The number of para-hydroxylation sites is 1. The van der Waals surface area contributed by atoms with Gasteiger partial charge in [0, 0.05) is 11.7 Å². The lowest BCUT2D eigenvalue weighted by atomic mass is 10.1. The van der Waals surface area contributed by atoms with Gasteiger partial charge < -0.3 is 10.6 Å². The van der Waals surface area contributed by atoms with E-state index in [0.29, 0.717) is 27.0 Å². The molecule has 2 N–H and O–H groups in total. The number of anilines is 2. The molecule has 0 aliphatic heterocycles. The Balaban J connectivity index is 2.24. The van der Waals surface area contributed by atoms with Crippen LogP contribution in [-0.4, -0.2) is 16.4 Å². The summed E-state index contributed by atoms with van der Waals surface area (Å²) in [6.07, 6.45) is 3.12. The number of amides is 1. The Morgan fingerprint density at radius 2 is 1.77 bits per heavy atom. The average Bonchev–Trinajstić information content (AvgIpc) is 2.41. The third-order valence-corrected chi connectivity index (χ3v) is 3.35. The lowest BCUT2D eigenvalue weighted by Gasteiger charge is -2.20. The fourth-order valence-electron chi connectivity index (χ4n) is 1.81. The number of benzene rings is 1. The molecule has 0 spiro atoms. The summed E-state index contributed by atoms with van der Waals surface area (Å²) in [7, 11) is 0. The first-order chi connectivity index (χ1) is 10.3. The first kappa shape index (κ1) is 16.6. The molecule has 0 saturated carbocycles. The minimum Gasteiger partial charge on any atom is -0.352 e. The summed E-state index contributed by atoms with van der Waals surface area (Å²) < 4.78 is 0. The highest BCUT2D eigenvalue weighted by atomic mass is 35.5. The van der Waals surface area contributed by atoms with Crippen molar-refractivity contribution in [1.82, 2.24) is 10.3 Å². The van der Waals surface area contributed by atoms with Gasteiger partial charge in [0.15, 0.2) is 0 Å². The Kier molecular flexibility index (Phi) is 4.94. The number of halogens is 2. The number of carbonyl (C=O) groups excluding carboxylic acids is 1. The maximum atomic E-state index is 12.2.